The molecule has 2 saturated heterocycles. The normalized spacial score (nSPS) is 18.5. The molecule has 0 bridgehead atoms. The van der Waals surface area contributed by atoms with E-state index in [9.17, 15) is 18.8 Å². The van der Waals surface area contributed by atoms with Crippen LogP contribution in [-0.2, 0) is 9.59 Å². The number of piperidine rings is 1. The van der Waals surface area contributed by atoms with Crippen LogP contribution in [0.4, 0.5) is 14.9 Å². The second-order valence-corrected chi connectivity index (χ2v) is 7.72. The second kappa shape index (κ2) is 8.75. The van der Waals surface area contributed by atoms with E-state index in [0.717, 1.165) is 0 Å². The van der Waals surface area contributed by atoms with Gasteiger partial charge in [0.15, 0.2) is 17.7 Å². The van der Waals surface area contributed by atoms with Crippen molar-refractivity contribution in [2.75, 3.05) is 24.5 Å². The molecule has 4 rings (SSSR count). The lowest BCUT2D eigenvalue weighted by atomic mass is 10.0. The fourth-order valence-corrected chi connectivity index (χ4v) is 4.07. The van der Waals surface area contributed by atoms with Crippen molar-refractivity contribution in [2.24, 2.45) is 0 Å². The summed E-state index contributed by atoms with van der Waals surface area (Å²) in [6, 6.07) is 14.4. The number of imide groups is 1. The van der Waals surface area contributed by atoms with Gasteiger partial charge in [-0.1, -0.05) is 30.3 Å². The molecule has 0 N–H and O–H groups in total. The molecule has 0 aromatic heterocycles. The molecule has 8 heteroatoms. The summed E-state index contributed by atoms with van der Waals surface area (Å²) < 4.78 is 19.3. The molecule has 31 heavy (non-hydrogen) atoms. The molecule has 2 aromatic rings. The highest BCUT2D eigenvalue weighted by Crippen LogP contribution is 2.27. The Kier molecular flexibility index (Phi) is 5.88. The Balaban J connectivity index is 1.34. The number of carbonyl (C=O) groups excluding carboxylic acids is 3. The van der Waals surface area contributed by atoms with E-state index >= 15 is 0 Å². The number of amides is 4. The van der Waals surface area contributed by atoms with Gasteiger partial charge in [-0.05, 0) is 44.0 Å². The molecule has 2 heterocycles. The molecule has 2 fully saturated rings. The predicted octanol–water partition coefficient (Wildman–Crippen LogP) is 3.05. The molecule has 7 nitrogen and oxygen atoms in total. The van der Waals surface area contributed by atoms with Gasteiger partial charge in [-0.15, -0.1) is 0 Å². The van der Waals surface area contributed by atoms with Crippen LogP contribution in [0.25, 0.3) is 0 Å². The van der Waals surface area contributed by atoms with Crippen LogP contribution in [0.1, 0.15) is 19.8 Å². The number of likely N-dealkylation sites (tertiary alicyclic amines) is 1. The van der Waals surface area contributed by atoms with Crippen molar-refractivity contribution >= 4 is 23.5 Å². The number of carbonyl (C=O) groups is 3. The molecule has 0 aliphatic carbocycles. The van der Waals surface area contributed by atoms with Crippen molar-refractivity contribution in [1.29, 1.82) is 0 Å². The minimum Gasteiger partial charge on any atom is -0.478 e. The van der Waals surface area contributed by atoms with Crippen LogP contribution in [0.15, 0.2) is 54.6 Å². The van der Waals surface area contributed by atoms with Gasteiger partial charge in [-0.25, -0.2) is 14.1 Å². The number of anilines is 1. The van der Waals surface area contributed by atoms with Gasteiger partial charge in [0.25, 0.3) is 11.8 Å². The molecule has 2 aliphatic heterocycles. The Morgan fingerprint density at radius 2 is 1.68 bits per heavy atom. The minimum atomic E-state index is -0.822. The van der Waals surface area contributed by atoms with Gasteiger partial charge in [-0.3, -0.25) is 9.59 Å². The van der Waals surface area contributed by atoms with Crippen molar-refractivity contribution in [2.45, 2.75) is 31.9 Å². The van der Waals surface area contributed by atoms with Crippen molar-refractivity contribution < 1.29 is 23.5 Å². The average Bonchev–Trinajstić information content (AvgIpc) is 3.09. The van der Waals surface area contributed by atoms with Gasteiger partial charge < -0.3 is 14.5 Å². The number of rotatable bonds is 5. The number of halogens is 1. The summed E-state index contributed by atoms with van der Waals surface area (Å²) in [5.41, 5.74) is 0.562. The van der Waals surface area contributed by atoms with E-state index in [2.05, 4.69) is 0 Å². The predicted molar refractivity (Wildman–Crippen MR) is 112 cm³/mol. The van der Waals surface area contributed by atoms with Crippen LogP contribution in [0, 0.1) is 5.82 Å². The molecule has 4 amide bonds. The first kappa shape index (κ1) is 20.8. The fraction of sp³-hybridized carbons (Fsp3) is 0.348. The zero-order valence-electron chi connectivity index (χ0n) is 17.2. The molecule has 0 spiro atoms. The Morgan fingerprint density at radius 3 is 2.35 bits per heavy atom. The topological polar surface area (TPSA) is 70.2 Å². The first-order valence-corrected chi connectivity index (χ1v) is 10.3. The van der Waals surface area contributed by atoms with E-state index in [4.69, 9.17) is 4.74 Å². The van der Waals surface area contributed by atoms with Crippen LogP contribution in [-0.4, -0.2) is 59.4 Å². The summed E-state index contributed by atoms with van der Waals surface area (Å²) >= 11 is 0. The zero-order valence-corrected chi connectivity index (χ0v) is 17.2. The number of nitrogens with zero attached hydrogens (tertiary/aromatic N) is 3. The minimum absolute atomic E-state index is 0.0408. The van der Waals surface area contributed by atoms with Gasteiger partial charge >= 0.3 is 6.03 Å². The highest BCUT2D eigenvalue weighted by atomic mass is 19.1. The van der Waals surface area contributed by atoms with E-state index in [-0.39, 0.29) is 36.2 Å². The Morgan fingerprint density at radius 1 is 1.03 bits per heavy atom. The van der Waals surface area contributed by atoms with Crippen molar-refractivity contribution in [3.8, 4) is 5.75 Å². The third-order valence-corrected chi connectivity index (χ3v) is 5.71. The largest absolute Gasteiger partial charge is 0.478 e. The van der Waals surface area contributed by atoms with Crippen LogP contribution in [0.2, 0.25) is 0 Å². The Labute approximate surface area is 180 Å². The summed E-state index contributed by atoms with van der Waals surface area (Å²) in [7, 11) is 0. The van der Waals surface area contributed by atoms with Gasteiger partial charge in [0.05, 0.1) is 5.69 Å². The smallest absolute Gasteiger partial charge is 0.332 e. The maximum Gasteiger partial charge on any atom is 0.332 e. The standard InChI is InChI=1S/C23H24FN3O4/c1-16(31-20-10-6-5-9-19(20)24)22(29)25-13-11-17(12-14-25)26-15-21(28)27(23(26)30)18-7-3-2-4-8-18/h2-10,16-17H,11-15H2,1H3/t16-/m1/s1. The number of urea groups is 1. The van der Waals surface area contributed by atoms with E-state index in [1.165, 1.54) is 17.0 Å². The molecule has 0 unspecified atom stereocenters. The van der Waals surface area contributed by atoms with Crippen LogP contribution in [0.3, 0.4) is 0 Å². The lowest BCUT2D eigenvalue weighted by Crippen LogP contribution is -2.50. The Bertz CT molecular complexity index is 976. The summed E-state index contributed by atoms with van der Waals surface area (Å²) in [4.78, 5) is 42.5. The van der Waals surface area contributed by atoms with E-state index in [1.54, 1.807) is 53.1 Å². The SMILES string of the molecule is C[C@@H](Oc1ccccc1F)C(=O)N1CCC(N2CC(=O)N(c3ccccc3)C2=O)CC1. The summed E-state index contributed by atoms with van der Waals surface area (Å²) in [6.07, 6.45) is 0.316. The third kappa shape index (κ3) is 4.23. The first-order valence-electron chi connectivity index (χ1n) is 10.3. The van der Waals surface area contributed by atoms with Gasteiger partial charge in [0.2, 0.25) is 0 Å². The van der Waals surface area contributed by atoms with Crippen LogP contribution < -0.4 is 9.64 Å². The second-order valence-electron chi connectivity index (χ2n) is 7.72. The van der Waals surface area contributed by atoms with Gasteiger partial charge in [0.1, 0.15) is 6.54 Å². The lowest BCUT2D eigenvalue weighted by Gasteiger charge is -2.37. The highest BCUT2D eigenvalue weighted by Gasteiger charge is 2.42. The monoisotopic (exact) mass is 425 g/mol. The van der Waals surface area contributed by atoms with E-state index in [1.807, 2.05) is 6.07 Å². The van der Waals surface area contributed by atoms with Crippen molar-refractivity contribution in [1.82, 2.24) is 9.80 Å². The van der Waals surface area contributed by atoms with E-state index in [0.29, 0.717) is 31.6 Å². The van der Waals surface area contributed by atoms with Crippen LogP contribution in [0.5, 0.6) is 5.75 Å². The number of benzene rings is 2. The molecule has 0 radical (unpaired) electrons. The maximum atomic E-state index is 13.8. The zero-order chi connectivity index (χ0) is 22.0. The van der Waals surface area contributed by atoms with Crippen molar-refractivity contribution in [3.63, 3.8) is 0 Å². The molecule has 2 aromatic carbocycles. The molecule has 162 valence electrons. The highest BCUT2D eigenvalue weighted by molar-refractivity contribution is 6.19. The summed E-state index contributed by atoms with van der Waals surface area (Å²) in [5.74, 6) is -0.945. The summed E-state index contributed by atoms with van der Waals surface area (Å²) in [5, 5.41) is 0. The van der Waals surface area contributed by atoms with Crippen LogP contribution >= 0.6 is 0 Å². The maximum absolute atomic E-state index is 13.8. The number of hydrogen-bond donors (Lipinski definition) is 0. The first-order chi connectivity index (χ1) is 15.0. The Hall–Kier alpha value is -3.42. The molecular formula is C23H24FN3O4. The molecular weight excluding hydrogens is 401 g/mol. The van der Waals surface area contributed by atoms with Gasteiger partial charge in [0, 0.05) is 19.1 Å². The number of ether oxygens (including phenoxy) is 1. The molecule has 0 saturated carbocycles. The van der Waals surface area contributed by atoms with Crippen molar-refractivity contribution in [3.05, 3.63) is 60.4 Å². The summed E-state index contributed by atoms with van der Waals surface area (Å²) in [6.45, 7) is 2.52. The number of hydrogen-bond acceptors (Lipinski definition) is 4. The average molecular weight is 425 g/mol. The molecule has 2 aliphatic rings. The lowest BCUT2D eigenvalue weighted by molar-refractivity contribution is -0.139. The fourth-order valence-electron chi connectivity index (χ4n) is 4.07. The number of para-hydroxylation sites is 2. The quantitative estimate of drug-likeness (QED) is 0.691. The van der Waals surface area contributed by atoms with E-state index < -0.39 is 11.9 Å². The third-order valence-electron chi connectivity index (χ3n) is 5.71. The van der Waals surface area contributed by atoms with Gasteiger partial charge in [-0.2, -0.15) is 0 Å². The molecule has 1 atom stereocenters.